The molecule has 0 unspecified atom stereocenters. The standard InChI is InChI=1S/C10H14BrN.C10H14ClN.C10H14FN.C9H13NO/c3*1-10(2,3)8-6-7(11)4-5-9(8)12;1-9(2,11)7-5-3-4-6-8(7)10/h3*4-6H,12H2,1-3H3;3-6,11H,10H2,1-2H3. The highest BCUT2D eigenvalue weighted by molar-refractivity contribution is 9.10. The van der Waals surface area contributed by atoms with Crippen molar-refractivity contribution in [3.05, 3.63) is 116 Å². The second kappa shape index (κ2) is 16.7. The van der Waals surface area contributed by atoms with Crippen molar-refractivity contribution in [1.29, 1.82) is 0 Å². The second-order valence-corrected chi connectivity index (χ2v) is 16.4. The maximum atomic E-state index is 12.8. The third-order valence-electron chi connectivity index (χ3n) is 7.09. The summed E-state index contributed by atoms with van der Waals surface area (Å²) in [5.41, 5.74) is 29.2. The Labute approximate surface area is 296 Å². The fraction of sp³-hybridized carbons (Fsp3) is 0.385. The molecule has 0 aliphatic carbocycles. The van der Waals surface area contributed by atoms with Crippen molar-refractivity contribution in [3.63, 3.8) is 0 Å². The quantitative estimate of drug-likeness (QED) is 0.125. The summed E-state index contributed by atoms with van der Waals surface area (Å²) in [6.45, 7) is 22.3. The molecule has 0 atom stereocenters. The zero-order valence-corrected chi connectivity index (χ0v) is 32.2. The van der Waals surface area contributed by atoms with Crippen molar-refractivity contribution < 1.29 is 9.50 Å². The first-order valence-electron chi connectivity index (χ1n) is 15.5. The summed E-state index contributed by atoms with van der Waals surface area (Å²) in [6.07, 6.45) is 0. The van der Waals surface area contributed by atoms with Crippen LogP contribution in [0.4, 0.5) is 27.1 Å². The smallest absolute Gasteiger partial charge is 0.123 e. The van der Waals surface area contributed by atoms with Gasteiger partial charge in [-0.2, -0.15) is 0 Å². The van der Waals surface area contributed by atoms with Gasteiger partial charge in [-0.1, -0.05) is 108 Å². The fourth-order valence-corrected chi connectivity index (χ4v) is 5.12. The van der Waals surface area contributed by atoms with Crippen molar-refractivity contribution in [2.24, 2.45) is 0 Å². The molecule has 0 heterocycles. The number of para-hydroxylation sites is 1. The van der Waals surface area contributed by atoms with E-state index >= 15 is 0 Å². The summed E-state index contributed by atoms with van der Waals surface area (Å²) < 4.78 is 13.9. The molecule has 9 N–H and O–H groups in total. The van der Waals surface area contributed by atoms with Gasteiger partial charge in [0.25, 0.3) is 0 Å². The Morgan fingerprint density at radius 2 is 0.915 bits per heavy atom. The van der Waals surface area contributed by atoms with Crippen molar-refractivity contribution in [3.8, 4) is 0 Å². The Morgan fingerprint density at radius 1 is 0.532 bits per heavy atom. The maximum Gasteiger partial charge on any atom is 0.123 e. The van der Waals surface area contributed by atoms with E-state index in [1.807, 2.05) is 69.3 Å². The number of hydrogen-bond acceptors (Lipinski definition) is 5. The largest absolute Gasteiger partial charge is 0.398 e. The number of hydrogen-bond donors (Lipinski definition) is 5. The number of nitrogen functional groups attached to an aromatic ring is 4. The Balaban J connectivity index is 0.000000314. The van der Waals surface area contributed by atoms with Gasteiger partial charge in [0.05, 0.1) is 5.60 Å². The Morgan fingerprint density at radius 3 is 1.28 bits per heavy atom. The lowest BCUT2D eigenvalue weighted by molar-refractivity contribution is 0.0794. The molecule has 0 fully saturated rings. The van der Waals surface area contributed by atoms with Gasteiger partial charge in [-0.25, -0.2) is 4.39 Å². The molecule has 0 aliphatic rings. The van der Waals surface area contributed by atoms with Crippen molar-refractivity contribution in [2.45, 2.75) is 98.0 Å². The van der Waals surface area contributed by atoms with Gasteiger partial charge in [-0.05, 0) is 107 Å². The van der Waals surface area contributed by atoms with Gasteiger partial charge < -0.3 is 28.0 Å². The third kappa shape index (κ3) is 14.2. The average molecular weight is 730 g/mol. The van der Waals surface area contributed by atoms with Crippen molar-refractivity contribution in [1.82, 2.24) is 0 Å². The molecule has 0 spiro atoms. The Kier molecular flexibility index (Phi) is 14.9. The minimum atomic E-state index is -0.842. The first kappa shape index (κ1) is 41.8. The van der Waals surface area contributed by atoms with Crippen LogP contribution in [0.2, 0.25) is 5.02 Å². The molecule has 4 aromatic rings. The van der Waals surface area contributed by atoms with Crippen LogP contribution in [0.1, 0.15) is 98.4 Å². The van der Waals surface area contributed by atoms with Crippen LogP contribution in [-0.2, 0) is 21.8 Å². The van der Waals surface area contributed by atoms with E-state index in [-0.39, 0.29) is 22.1 Å². The number of anilines is 4. The van der Waals surface area contributed by atoms with Gasteiger partial charge in [0, 0.05) is 37.8 Å². The van der Waals surface area contributed by atoms with E-state index in [9.17, 15) is 9.50 Å². The molecule has 258 valence electrons. The molecule has 8 heteroatoms. The molecule has 4 aromatic carbocycles. The van der Waals surface area contributed by atoms with Crippen LogP contribution in [0.25, 0.3) is 0 Å². The van der Waals surface area contributed by atoms with Gasteiger partial charge in [0.2, 0.25) is 0 Å². The van der Waals surface area contributed by atoms with Crippen LogP contribution in [-0.4, -0.2) is 5.11 Å². The number of nitrogens with two attached hydrogens (primary N) is 4. The lowest BCUT2D eigenvalue weighted by Crippen LogP contribution is -2.17. The first-order chi connectivity index (χ1) is 21.2. The molecule has 0 radical (unpaired) electrons. The molecule has 0 saturated carbocycles. The van der Waals surface area contributed by atoms with E-state index in [0.717, 1.165) is 37.6 Å². The molecule has 47 heavy (non-hydrogen) atoms. The molecule has 5 nitrogen and oxygen atoms in total. The van der Waals surface area contributed by atoms with Gasteiger partial charge in [-0.3, -0.25) is 0 Å². The topological polar surface area (TPSA) is 124 Å². The number of aliphatic hydroxyl groups is 1. The molecule has 0 aromatic heterocycles. The van der Waals surface area contributed by atoms with Crippen LogP contribution < -0.4 is 22.9 Å². The highest BCUT2D eigenvalue weighted by atomic mass is 79.9. The van der Waals surface area contributed by atoms with Gasteiger partial charge in [0.15, 0.2) is 0 Å². The fourth-order valence-electron chi connectivity index (χ4n) is 4.59. The highest BCUT2D eigenvalue weighted by Crippen LogP contribution is 2.31. The molecule has 0 amide bonds. The Bertz CT molecular complexity index is 1450. The molecule has 4 rings (SSSR count). The number of rotatable bonds is 1. The zero-order chi connectivity index (χ0) is 36.5. The SMILES string of the molecule is CC(C)(C)c1cc(Br)ccc1N.CC(C)(C)c1cc(Cl)ccc1N.CC(C)(C)c1cc(F)ccc1N.CC(C)(O)c1ccccc1N. The van der Waals surface area contributed by atoms with E-state index < -0.39 is 5.60 Å². The van der Waals surface area contributed by atoms with E-state index in [1.165, 1.54) is 17.7 Å². The minimum absolute atomic E-state index is 0.0645. The summed E-state index contributed by atoms with van der Waals surface area (Å²) in [4.78, 5) is 0. The van der Waals surface area contributed by atoms with Gasteiger partial charge in [0.1, 0.15) is 5.82 Å². The van der Waals surface area contributed by atoms with E-state index in [0.29, 0.717) is 11.4 Å². The van der Waals surface area contributed by atoms with Crippen LogP contribution >= 0.6 is 27.5 Å². The minimum Gasteiger partial charge on any atom is -0.398 e. The lowest BCUT2D eigenvalue weighted by atomic mass is 9.86. The Hall–Kier alpha value is -3.26. The molecule has 0 aliphatic heterocycles. The molecular weight excluding hydrogens is 675 g/mol. The third-order valence-corrected chi connectivity index (χ3v) is 7.82. The number of benzene rings is 4. The molecule has 0 bridgehead atoms. The maximum absolute atomic E-state index is 12.8. The summed E-state index contributed by atoms with van der Waals surface area (Å²) in [5.74, 6) is -0.228. The first-order valence-corrected chi connectivity index (χ1v) is 16.7. The predicted molar refractivity (Wildman–Crippen MR) is 207 cm³/mol. The number of halogens is 3. The van der Waals surface area contributed by atoms with E-state index in [1.54, 1.807) is 26.0 Å². The van der Waals surface area contributed by atoms with Crippen LogP contribution in [0.5, 0.6) is 0 Å². The van der Waals surface area contributed by atoms with Crippen LogP contribution in [0, 0.1) is 5.82 Å². The highest BCUT2D eigenvalue weighted by Gasteiger charge is 2.19. The van der Waals surface area contributed by atoms with Gasteiger partial charge in [-0.15, -0.1) is 0 Å². The average Bonchev–Trinajstić information content (AvgIpc) is 2.92. The van der Waals surface area contributed by atoms with Crippen LogP contribution in [0.3, 0.4) is 0 Å². The normalized spacial score (nSPS) is 11.6. The van der Waals surface area contributed by atoms with E-state index in [4.69, 9.17) is 34.5 Å². The molecule has 0 saturated heterocycles. The second-order valence-electron chi connectivity index (χ2n) is 15.1. The van der Waals surface area contributed by atoms with Crippen LogP contribution in [0.15, 0.2) is 83.3 Å². The summed E-state index contributed by atoms with van der Waals surface area (Å²) in [6, 6.07) is 23.4. The van der Waals surface area contributed by atoms with Crippen molar-refractivity contribution in [2.75, 3.05) is 22.9 Å². The summed E-state index contributed by atoms with van der Waals surface area (Å²) >= 11 is 9.30. The van der Waals surface area contributed by atoms with E-state index in [2.05, 4.69) is 63.5 Å². The summed E-state index contributed by atoms with van der Waals surface area (Å²) in [7, 11) is 0. The predicted octanol–water partition coefficient (Wildman–Crippen LogP) is 10.8. The zero-order valence-electron chi connectivity index (χ0n) is 29.9. The summed E-state index contributed by atoms with van der Waals surface area (Å²) in [5, 5.41) is 10.3. The monoisotopic (exact) mass is 728 g/mol. The van der Waals surface area contributed by atoms with Gasteiger partial charge >= 0.3 is 0 Å². The van der Waals surface area contributed by atoms with Crippen molar-refractivity contribution >= 4 is 50.3 Å². The molecular formula is C39H55BrClFN4O. The lowest BCUT2D eigenvalue weighted by Gasteiger charge is -2.21.